The summed E-state index contributed by atoms with van der Waals surface area (Å²) >= 11 is 0. The van der Waals surface area contributed by atoms with Crippen LogP contribution in [-0.4, -0.2) is 27.2 Å². The molecule has 3 rings (SSSR count). The molecule has 0 radical (unpaired) electrons. The Bertz CT molecular complexity index is 943. The van der Waals surface area contributed by atoms with Crippen molar-refractivity contribution in [3.8, 4) is 17.1 Å². The topological polar surface area (TPSA) is 59.8 Å². The highest BCUT2D eigenvalue weighted by Gasteiger charge is 2.19. The van der Waals surface area contributed by atoms with E-state index >= 15 is 0 Å². The number of benzene rings is 2. The van der Waals surface area contributed by atoms with Crippen LogP contribution in [0.5, 0.6) is 0 Å². The fourth-order valence-electron chi connectivity index (χ4n) is 2.91. The second-order valence-corrected chi connectivity index (χ2v) is 6.59. The number of aryl methyl sites for hydroxylation is 3. The molecule has 1 amide bonds. The zero-order chi connectivity index (χ0) is 18.7. The fraction of sp³-hybridized carbons (Fsp3) is 0.286. The van der Waals surface area contributed by atoms with Crippen molar-refractivity contribution < 1.29 is 4.79 Å². The van der Waals surface area contributed by atoms with Crippen LogP contribution in [0.4, 0.5) is 0 Å². The Balaban J connectivity index is 2.14. The lowest BCUT2D eigenvalue weighted by Gasteiger charge is -2.10. The molecule has 0 unspecified atom stereocenters. The van der Waals surface area contributed by atoms with E-state index in [0.29, 0.717) is 12.4 Å². The SMILES string of the molecule is CCCNC(=O)c1nc(-c2cccc(C)c2)n(-c2ccc(C)cc2C)n1. The first-order valence-electron chi connectivity index (χ1n) is 8.89. The standard InChI is InChI=1S/C21H24N4O/c1-5-11-22-21(26)19-23-20(17-8-6-7-14(2)13-17)25(24-19)18-10-9-15(3)12-16(18)4/h6-10,12-13H,5,11H2,1-4H3,(H,22,26). The molecule has 0 fully saturated rings. The lowest BCUT2D eigenvalue weighted by atomic mass is 10.1. The minimum Gasteiger partial charge on any atom is -0.349 e. The first kappa shape index (κ1) is 17.9. The van der Waals surface area contributed by atoms with Gasteiger partial charge in [-0.2, -0.15) is 0 Å². The maximum absolute atomic E-state index is 12.4. The lowest BCUT2D eigenvalue weighted by molar-refractivity contribution is 0.0943. The zero-order valence-corrected chi connectivity index (χ0v) is 15.7. The van der Waals surface area contributed by atoms with Crippen molar-refractivity contribution in [2.45, 2.75) is 34.1 Å². The molecule has 2 aromatic carbocycles. The second-order valence-electron chi connectivity index (χ2n) is 6.59. The normalized spacial score (nSPS) is 10.8. The van der Waals surface area contributed by atoms with Crippen molar-refractivity contribution in [2.75, 3.05) is 6.54 Å². The third kappa shape index (κ3) is 3.67. The van der Waals surface area contributed by atoms with Crippen LogP contribution >= 0.6 is 0 Å². The first-order valence-corrected chi connectivity index (χ1v) is 8.89. The number of hydrogen-bond donors (Lipinski definition) is 1. The van der Waals surface area contributed by atoms with Gasteiger partial charge >= 0.3 is 0 Å². The van der Waals surface area contributed by atoms with Crippen LogP contribution in [0.15, 0.2) is 42.5 Å². The molecule has 0 aliphatic carbocycles. The van der Waals surface area contributed by atoms with Gasteiger partial charge in [0.05, 0.1) is 5.69 Å². The van der Waals surface area contributed by atoms with Gasteiger partial charge in [0.2, 0.25) is 5.82 Å². The van der Waals surface area contributed by atoms with Gasteiger partial charge in [0.15, 0.2) is 5.82 Å². The predicted molar refractivity (Wildman–Crippen MR) is 104 cm³/mol. The van der Waals surface area contributed by atoms with Crippen LogP contribution in [-0.2, 0) is 0 Å². The quantitative estimate of drug-likeness (QED) is 0.758. The number of aromatic nitrogens is 3. The zero-order valence-electron chi connectivity index (χ0n) is 15.7. The number of carbonyl (C=O) groups is 1. The minimum atomic E-state index is -0.246. The summed E-state index contributed by atoms with van der Waals surface area (Å²) in [5.41, 5.74) is 5.27. The monoisotopic (exact) mass is 348 g/mol. The summed E-state index contributed by atoms with van der Waals surface area (Å²) < 4.78 is 1.77. The maximum atomic E-state index is 12.4. The molecular formula is C21H24N4O. The van der Waals surface area contributed by atoms with Gasteiger partial charge in [-0.1, -0.05) is 48.4 Å². The number of nitrogens with zero attached hydrogens (tertiary/aromatic N) is 3. The Hall–Kier alpha value is -2.95. The van der Waals surface area contributed by atoms with Crippen LogP contribution in [0.3, 0.4) is 0 Å². The van der Waals surface area contributed by atoms with Crippen LogP contribution in [0.1, 0.15) is 40.7 Å². The van der Waals surface area contributed by atoms with Crippen molar-refractivity contribution in [2.24, 2.45) is 0 Å². The third-order valence-corrected chi connectivity index (χ3v) is 4.20. The first-order chi connectivity index (χ1) is 12.5. The largest absolute Gasteiger partial charge is 0.349 e. The molecule has 5 heteroatoms. The number of carbonyl (C=O) groups excluding carboxylic acids is 1. The highest BCUT2D eigenvalue weighted by Crippen LogP contribution is 2.24. The van der Waals surface area contributed by atoms with Gasteiger partial charge in [-0.25, -0.2) is 9.67 Å². The predicted octanol–water partition coefficient (Wildman–Crippen LogP) is 4.00. The van der Waals surface area contributed by atoms with Gasteiger partial charge in [0.1, 0.15) is 0 Å². The molecule has 0 saturated heterocycles. The van der Waals surface area contributed by atoms with Crippen LogP contribution in [0.25, 0.3) is 17.1 Å². The Morgan fingerprint density at radius 3 is 2.54 bits per heavy atom. The van der Waals surface area contributed by atoms with Crippen molar-refractivity contribution in [3.05, 3.63) is 65.0 Å². The van der Waals surface area contributed by atoms with Gasteiger partial charge in [0, 0.05) is 12.1 Å². The molecule has 134 valence electrons. The summed E-state index contributed by atoms with van der Waals surface area (Å²) in [6, 6.07) is 14.2. The van der Waals surface area contributed by atoms with Crippen molar-refractivity contribution in [3.63, 3.8) is 0 Å². The average Bonchev–Trinajstić information content (AvgIpc) is 3.05. The summed E-state index contributed by atoms with van der Waals surface area (Å²) in [7, 11) is 0. The van der Waals surface area contributed by atoms with Crippen molar-refractivity contribution in [1.82, 2.24) is 20.1 Å². The minimum absolute atomic E-state index is 0.190. The Kier molecular flexibility index (Phi) is 5.16. The second kappa shape index (κ2) is 7.52. The van der Waals surface area contributed by atoms with Crippen LogP contribution in [0.2, 0.25) is 0 Å². The molecule has 0 bridgehead atoms. The lowest BCUT2D eigenvalue weighted by Crippen LogP contribution is -2.25. The molecule has 0 aliphatic rings. The van der Waals surface area contributed by atoms with E-state index in [0.717, 1.165) is 28.8 Å². The fourth-order valence-corrected chi connectivity index (χ4v) is 2.91. The van der Waals surface area contributed by atoms with Crippen molar-refractivity contribution >= 4 is 5.91 Å². The summed E-state index contributed by atoms with van der Waals surface area (Å²) in [5, 5.41) is 7.37. The third-order valence-electron chi connectivity index (χ3n) is 4.20. The number of nitrogens with one attached hydrogen (secondary N) is 1. The molecule has 3 aromatic rings. The van der Waals surface area contributed by atoms with Gasteiger partial charge in [0.25, 0.3) is 5.91 Å². The van der Waals surface area contributed by atoms with Gasteiger partial charge in [-0.3, -0.25) is 4.79 Å². The molecule has 0 aliphatic heterocycles. The molecule has 0 saturated carbocycles. The van der Waals surface area contributed by atoms with E-state index in [1.165, 1.54) is 5.56 Å². The van der Waals surface area contributed by atoms with E-state index in [1.54, 1.807) is 4.68 Å². The van der Waals surface area contributed by atoms with Crippen molar-refractivity contribution in [1.29, 1.82) is 0 Å². The Labute approximate surface area is 154 Å². The van der Waals surface area contributed by atoms with E-state index < -0.39 is 0 Å². The molecule has 26 heavy (non-hydrogen) atoms. The summed E-state index contributed by atoms with van der Waals surface area (Å²) in [4.78, 5) is 16.9. The molecule has 1 heterocycles. The van der Waals surface area contributed by atoms with Gasteiger partial charge in [-0.15, -0.1) is 5.10 Å². The highest BCUT2D eigenvalue weighted by atomic mass is 16.2. The van der Waals surface area contributed by atoms with Crippen LogP contribution < -0.4 is 5.32 Å². The van der Waals surface area contributed by atoms with E-state index in [4.69, 9.17) is 0 Å². The smallest absolute Gasteiger partial charge is 0.290 e. The molecule has 1 aromatic heterocycles. The van der Waals surface area contributed by atoms with Crippen LogP contribution in [0, 0.1) is 20.8 Å². The van der Waals surface area contributed by atoms with E-state index in [-0.39, 0.29) is 11.7 Å². The van der Waals surface area contributed by atoms with E-state index in [9.17, 15) is 4.79 Å². The van der Waals surface area contributed by atoms with E-state index in [2.05, 4.69) is 34.5 Å². The number of rotatable bonds is 5. The van der Waals surface area contributed by atoms with Gasteiger partial charge < -0.3 is 5.32 Å². The maximum Gasteiger partial charge on any atom is 0.290 e. The Morgan fingerprint density at radius 2 is 1.85 bits per heavy atom. The van der Waals surface area contributed by atoms with Gasteiger partial charge in [-0.05, 0) is 44.9 Å². The highest BCUT2D eigenvalue weighted by molar-refractivity contribution is 5.91. The average molecular weight is 348 g/mol. The summed E-state index contributed by atoms with van der Waals surface area (Å²) in [5.74, 6) is 0.613. The summed E-state index contributed by atoms with van der Waals surface area (Å²) in [6.45, 7) is 8.76. The Morgan fingerprint density at radius 1 is 1.08 bits per heavy atom. The molecule has 0 atom stereocenters. The van der Waals surface area contributed by atoms with E-state index in [1.807, 2.05) is 51.1 Å². The molecule has 0 spiro atoms. The molecular weight excluding hydrogens is 324 g/mol. The molecule has 5 nitrogen and oxygen atoms in total. The number of hydrogen-bond acceptors (Lipinski definition) is 3. The summed E-state index contributed by atoms with van der Waals surface area (Å²) in [6.07, 6.45) is 0.869. The molecule has 1 N–H and O–H groups in total. The number of amides is 1.